The minimum atomic E-state index is -0.675. The van der Waals surface area contributed by atoms with Crippen LogP contribution in [0.2, 0.25) is 0 Å². The number of amides is 1. The first-order valence-electron chi connectivity index (χ1n) is 5.29. The van der Waals surface area contributed by atoms with Gasteiger partial charge in [-0.1, -0.05) is 0 Å². The second-order valence-electron chi connectivity index (χ2n) is 3.85. The van der Waals surface area contributed by atoms with Crippen molar-refractivity contribution in [1.29, 1.82) is 0 Å². The van der Waals surface area contributed by atoms with Crippen LogP contribution in [0.4, 0.5) is 10.3 Å². The summed E-state index contributed by atoms with van der Waals surface area (Å²) in [5.41, 5.74) is 2.39. The van der Waals surface area contributed by atoms with Crippen LogP contribution in [-0.2, 0) is 0 Å². The number of nitrogens with two attached hydrogens (primary N) is 1. The third-order valence-electron chi connectivity index (χ3n) is 2.29. The molecule has 0 aliphatic carbocycles. The van der Waals surface area contributed by atoms with Gasteiger partial charge < -0.3 is 4.90 Å². The van der Waals surface area contributed by atoms with E-state index in [0.29, 0.717) is 0 Å². The smallest absolute Gasteiger partial charge is 0.273 e. The maximum atomic E-state index is 13.6. The fourth-order valence-corrected chi connectivity index (χ4v) is 1.37. The molecule has 0 saturated heterocycles. The third kappa shape index (κ3) is 2.50. The van der Waals surface area contributed by atoms with Crippen LogP contribution >= 0.6 is 0 Å². The predicted octanol–water partition coefficient (Wildman–Crippen LogP) is -0.211. The molecule has 0 radical (unpaired) electrons. The minimum Gasteiger partial charge on any atom is -0.343 e. The summed E-state index contributed by atoms with van der Waals surface area (Å²) in [6.45, 7) is 0. The van der Waals surface area contributed by atoms with Crippen molar-refractivity contribution in [2.24, 2.45) is 5.84 Å². The van der Waals surface area contributed by atoms with E-state index in [2.05, 4.69) is 20.5 Å². The van der Waals surface area contributed by atoms with Gasteiger partial charge in [-0.2, -0.15) is 10.1 Å². The molecule has 1 amide bonds. The van der Waals surface area contributed by atoms with Crippen LogP contribution in [-0.4, -0.2) is 44.7 Å². The molecular weight excluding hydrogens is 253 g/mol. The average molecular weight is 265 g/mol. The van der Waals surface area contributed by atoms with E-state index in [0.717, 1.165) is 10.9 Å². The quantitative estimate of drug-likeness (QED) is 0.588. The standard InChI is InChI=1S/C10H12FN7O/c1-17(2)9(19)7-3-4-18(16-7)8-6(11)5-13-10(14-8)15-12/h3-5H,12H2,1-2H3,(H,13,14,15). The lowest BCUT2D eigenvalue weighted by molar-refractivity contribution is 0.0821. The van der Waals surface area contributed by atoms with Crippen molar-refractivity contribution in [2.75, 3.05) is 19.5 Å². The second-order valence-corrected chi connectivity index (χ2v) is 3.85. The number of hydrazine groups is 1. The third-order valence-corrected chi connectivity index (χ3v) is 2.29. The molecule has 0 saturated carbocycles. The number of nitrogens with zero attached hydrogens (tertiary/aromatic N) is 5. The summed E-state index contributed by atoms with van der Waals surface area (Å²) < 4.78 is 14.8. The Morgan fingerprint density at radius 1 is 1.53 bits per heavy atom. The van der Waals surface area contributed by atoms with E-state index in [-0.39, 0.29) is 23.4 Å². The van der Waals surface area contributed by atoms with E-state index in [9.17, 15) is 9.18 Å². The lowest BCUT2D eigenvalue weighted by atomic mass is 10.4. The summed E-state index contributed by atoms with van der Waals surface area (Å²) in [6, 6.07) is 1.47. The van der Waals surface area contributed by atoms with Crippen LogP contribution < -0.4 is 11.3 Å². The fourth-order valence-electron chi connectivity index (χ4n) is 1.37. The number of halogens is 1. The SMILES string of the molecule is CN(C)C(=O)c1ccn(-c2nc(NN)ncc2F)n1. The van der Waals surface area contributed by atoms with Gasteiger partial charge in [-0.05, 0) is 6.07 Å². The van der Waals surface area contributed by atoms with Gasteiger partial charge >= 0.3 is 0 Å². The summed E-state index contributed by atoms with van der Waals surface area (Å²) in [4.78, 5) is 20.5. The molecule has 0 aliphatic rings. The molecule has 0 aliphatic heterocycles. The normalized spacial score (nSPS) is 10.3. The number of anilines is 1. The molecule has 0 atom stereocenters. The Bertz CT molecular complexity index is 610. The minimum absolute atomic E-state index is 0.0485. The molecule has 100 valence electrons. The van der Waals surface area contributed by atoms with Gasteiger partial charge in [-0.15, -0.1) is 0 Å². The molecule has 2 aromatic heterocycles. The highest BCUT2D eigenvalue weighted by Gasteiger charge is 2.15. The summed E-state index contributed by atoms with van der Waals surface area (Å²) >= 11 is 0. The van der Waals surface area contributed by atoms with E-state index >= 15 is 0 Å². The Labute approximate surface area is 108 Å². The van der Waals surface area contributed by atoms with Crippen molar-refractivity contribution in [2.45, 2.75) is 0 Å². The molecule has 2 heterocycles. The highest BCUT2D eigenvalue weighted by atomic mass is 19.1. The predicted molar refractivity (Wildman–Crippen MR) is 64.9 cm³/mol. The van der Waals surface area contributed by atoms with E-state index in [4.69, 9.17) is 5.84 Å². The highest BCUT2D eigenvalue weighted by Crippen LogP contribution is 2.11. The van der Waals surface area contributed by atoms with Crippen molar-refractivity contribution in [1.82, 2.24) is 24.6 Å². The molecule has 0 aromatic carbocycles. The second kappa shape index (κ2) is 4.98. The number of nitrogen functional groups attached to an aromatic ring is 1. The van der Waals surface area contributed by atoms with Gasteiger partial charge in [0.05, 0.1) is 6.20 Å². The number of nitrogens with one attached hydrogen (secondary N) is 1. The van der Waals surface area contributed by atoms with Crippen LogP contribution in [0.5, 0.6) is 0 Å². The Kier molecular flexibility index (Phi) is 3.38. The van der Waals surface area contributed by atoms with Crippen molar-refractivity contribution < 1.29 is 9.18 Å². The number of carbonyl (C=O) groups is 1. The van der Waals surface area contributed by atoms with Crippen LogP contribution in [0, 0.1) is 5.82 Å². The van der Waals surface area contributed by atoms with Gasteiger partial charge in [0.2, 0.25) is 5.95 Å². The number of rotatable bonds is 3. The van der Waals surface area contributed by atoms with Crippen LogP contribution in [0.25, 0.3) is 5.82 Å². The van der Waals surface area contributed by atoms with Gasteiger partial charge in [0.25, 0.3) is 5.91 Å². The monoisotopic (exact) mass is 265 g/mol. The van der Waals surface area contributed by atoms with Gasteiger partial charge in [-0.25, -0.2) is 19.9 Å². The zero-order valence-corrected chi connectivity index (χ0v) is 10.3. The van der Waals surface area contributed by atoms with Crippen LogP contribution in [0.15, 0.2) is 18.5 Å². The maximum absolute atomic E-state index is 13.6. The lowest BCUT2D eigenvalue weighted by Gasteiger charge is -2.07. The first-order chi connectivity index (χ1) is 9.02. The maximum Gasteiger partial charge on any atom is 0.273 e. The zero-order valence-electron chi connectivity index (χ0n) is 10.3. The van der Waals surface area contributed by atoms with Gasteiger partial charge in [0.15, 0.2) is 17.3 Å². The molecule has 0 fully saturated rings. The van der Waals surface area contributed by atoms with Gasteiger partial charge in [0, 0.05) is 20.3 Å². The molecule has 2 rings (SSSR count). The number of aromatic nitrogens is 4. The Balaban J connectivity index is 2.40. The molecule has 9 heteroatoms. The van der Waals surface area contributed by atoms with Gasteiger partial charge in [0.1, 0.15) is 0 Å². The van der Waals surface area contributed by atoms with E-state index in [1.54, 1.807) is 14.1 Å². The van der Waals surface area contributed by atoms with Crippen molar-refractivity contribution >= 4 is 11.9 Å². The van der Waals surface area contributed by atoms with Crippen molar-refractivity contribution in [3.8, 4) is 5.82 Å². The molecule has 3 N–H and O–H groups in total. The highest BCUT2D eigenvalue weighted by molar-refractivity contribution is 5.91. The van der Waals surface area contributed by atoms with Crippen molar-refractivity contribution in [3.63, 3.8) is 0 Å². The molecule has 2 aromatic rings. The largest absolute Gasteiger partial charge is 0.343 e. The molecular formula is C10H12FN7O. The molecule has 0 unspecified atom stereocenters. The first-order valence-corrected chi connectivity index (χ1v) is 5.29. The first kappa shape index (κ1) is 12.9. The Morgan fingerprint density at radius 3 is 2.89 bits per heavy atom. The number of carbonyl (C=O) groups excluding carboxylic acids is 1. The van der Waals surface area contributed by atoms with Gasteiger partial charge in [-0.3, -0.25) is 10.2 Å². The number of hydrogen-bond donors (Lipinski definition) is 2. The lowest BCUT2D eigenvalue weighted by Crippen LogP contribution is -2.22. The molecule has 0 spiro atoms. The average Bonchev–Trinajstić information content (AvgIpc) is 2.87. The number of hydrogen-bond acceptors (Lipinski definition) is 6. The summed E-state index contributed by atoms with van der Waals surface area (Å²) in [7, 11) is 3.20. The Morgan fingerprint density at radius 2 is 2.26 bits per heavy atom. The van der Waals surface area contributed by atoms with Crippen LogP contribution in [0.3, 0.4) is 0 Å². The van der Waals surface area contributed by atoms with Crippen LogP contribution in [0.1, 0.15) is 10.5 Å². The summed E-state index contributed by atoms with van der Waals surface area (Å²) in [5.74, 6) is 4.14. The van der Waals surface area contributed by atoms with Crippen molar-refractivity contribution in [3.05, 3.63) is 30.0 Å². The topological polar surface area (TPSA) is 102 Å². The molecule has 19 heavy (non-hydrogen) atoms. The summed E-state index contributed by atoms with van der Waals surface area (Å²) in [6.07, 6.45) is 2.40. The fraction of sp³-hybridized carbons (Fsp3) is 0.200. The molecule has 0 bridgehead atoms. The van der Waals surface area contributed by atoms with E-state index in [1.165, 1.54) is 17.2 Å². The molecule has 8 nitrogen and oxygen atoms in total. The summed E-state index contributed by atoms with van der Waals surface area (Å²) in [5, 5.41) is 3.96. The van der Waals surface area contributed by atoms with E-state index < -0.39 is 5.82 Å². The Hall–Kier alpha value is -2.55. The zero-order chi connectivity index (χ0) is 14.0. The van der Waals surface area contributed by atoms with E-state index in [1.807, 2.05) is 0 Å².